The summed E-state index contributed by atoms with van der Waals surface area (Å²) in [5, 5.41) is 5.72. The summed E-state index contributed by atoms with van der Waals surface area (Å²) in [5.41, 5.74) is 2.30. The lowest BCUT2D eigenvalue weighted by molar-refractivity contribution is 0.199. The Kier molecular flexibility index (Phi) is 5.86. The van der Waals surface area contributed by atoms with Crippen molar-refractivity contribution in [1.82, 2.24) is 10.6 Å². The van der Waals surface area contributed by atoms with Crippen LogP contribution in [0, 0.1) is 19.3 Å². The lowest BCUT2D eigenvalue weighted by Crippen LogP contribution is -2.50. The zero-order chi connectivity index (χ0) is 17.0. The molecule has 0 aliphatic heterocycles. The van der Waals surface area contributed by atoms with Gasteiger partial charge in [0.1, 0.15) is 5.75 Å². The van der Waals surface area contributed by atoms with Crippen LogP contribution in [0.2, 0.25) is 0 Å². The van der Waals surface area contributed by atoms with Gasteiger partial charge in [0.2, 0.25) is 0 Å². The molecule has 124 valence electrons. The van der Waals surface area contributed by atoms with Gasteiger partial charge >= 0.3 is 6.03 Å². The smallest absolute Gasteiger partial charge is 0.317 e. The summed E-state index contributed by atoms with van der Waals surface area (Å²) < 4.78 is 5.56. The first-order chi connectivity index (χ1) is 9.98. The molecule has 0 aliphatic rings. The fourth-order valence-electron chi connectivity index (χ4n) is 2.71. The Morgan fingerprint density at radius 2 is 1.73 bits per heavy atom. The Labute approximate surface area is 134 Å². The molecule has 0 bridgehead atoms. The molecule has 4 nitrogen and oxygen atoms in total. The van der Waals surface area contributed by atoms with Crippen LogP contribution in [-0.4, -0.2) is 18.3 Å². The van der Waals surface area contributed by atoms with Crippen molar-refractivity contribution in [2.45, 2.75) is 60.4 Å². The lowest BCUT2D eigenvalue weighted by Gasteiger charge is -2.33. The van der Waals surface area contributed by atoms with Gasteiger partial charge in [0.25, 0.3) is 0 Å². The molecule has 0 aliphatic carbocycles. The van der Waals surface area contributed by atoms with Gasteiger partial charge < -0.3 is 15.4 Å². The molecule has 0 atom stereocenters. The van der Waals surface area contributed by atoms with E-state index in [1.807, 2.05) is 39.0 Å². The van der Waals surface area contributed by atoms with E-state index in [4.69, 9.17) is 4.74 Å². The van der Waals surface area contributed by atoms with E-state index < -0.39 is 0 Å². The summed E-state index contributed by atoms with van der Waals surface area (Å²) in [6.07, 6.45) is 0.894. The molecule has 1 rings (SSSR count). The maximum atomic E-state index is 12.0. The Morgan fingerprint density at radius 1 is 1.09 bits per heavy atom. The number of benzene rings is 1. The Morgan fingerprint density at radius 3 is 2.27 bits per heavy atom. The van der Waals surface area contributed by atoms with Crippen LogP contribution in [0.25, 0.3) is 0 Å². The van der Waals surface area contributed by atoms with E-state index >= 15 is 0 Å². The molecule has 22 heavy (non-hydrogen) atoms. The Balaban J connectivity index is 2.41. The maximum absolute atomic E-state index is 12.0. The number of ether oxygens (including phenoxy) is 1. The zero-order valence-corrected chi connectivity index (χ0v) is 15.0. The summed E-state index contributed by atoms with van der Waals surface area (Å²) in [6, 6.07) is 5.68. The highest BCUT2D eigenvalue weighted by atomic mass is 16.5. The van der Waals surface area contributed by atoms with E-state index in [-0.39, 0.29) is 23.7 Å². The van der Waals surface area contributed by atoms with Crippen LogP contribution in [0.15, 0.2) is 18.2 Å². The largest absolute Gasteiger partial charge is 0.473 e. The normalized spacial score (nSPS) is 12.0. The third-order valence-corrected chi connectivity index (χ3v) is 3.37. The van der Waals surface area contributed by atoms with Crippen LogP contribution in [0.4, 0.5) is 4.79 Å². The van der Waals surface area contributed by atoms with Crippen LogP contribution in [0.1, 0.15) is 52.2 Å². The minimum absolute atomic E-state index is 0.153. The number of hydrogen-bond acceptors (Lipinski definition) is 2. The van der Waals surface area contributed by atoms with E-state index in [1.54, 1.807) is 0 Å². The van der Waals surface area contributed by atoms with Gasteiger partial charge in [-0.05, 0) is 62.8 Å². The van der Waals surface area contributed by atoms with E-state index in [2.05, 4.69) is 38.3 Å². The molecule has 0 radical (unpaired) electrons. The van der Waals surface area contributed by atoms with Gasteiger partial charge in [0.15, 0.2) is 6.73 Å². The Bertz CT molecular complexity index is 516. The quantitative estimate of drug-likeness (QED) is 0.803. The molecule has 0 fully saturated rings. The van der Waals surface area contributed by atoms with Crippen LogP contribution in [0.3, 0.4) is 0 Å². The number of urea groups is 1. The highest BCUT2D eigenvalue weighted by Crippen LogP contribution is 2.26. The topological polar surface area (TPSA) is 50.4 Å². The van der Waals surface area contributed by atoms with Gasteiger partial charge in [0.05, 0.1) is 0 Å². The summed E-state index contributed by atoms with van der Waals surface area (Å²) >= 11 is 0. The van der Waals surface area contributed by atoms with Gasteiger partial charge in [-0.25, -0.2) is 4.79 Å². The second-order valence-corrected chi connectivity index (χ2v) is 7.79. The number of nitrogens with one attached hydrogen (secondary N) is 2. The van der Waals surface area contributed by atoms with Crippen molar-refractivity contribution in [2.24, 2.45) is 5.41 Å². The minimum atomic E-state index is -0.261. The van der Waals surface area contributed by atoms with Crippen molar-refractivity contribution >= 4 is 6.03 Å². The van der Waals surface area contributed by atoms with Crippen LogP contribution < -0.4 is 15.4 Å². The summed E-state index contributed by atoms with van der Waals surface area (Å²) in [4.78, 5) is 12.0. The third kappa shape index (κ3) is 6.83. The molecule has 1 aromatic rings. The van der Waals surface area contributed by atoms with Gasteiger partial charge in [-0.15, -0.1) is 0 Å². The number of carbonyl (C=O) groups excluding carboxylic acids is 1. The van der Waals surface area contributed by atoms with E-state index in [0.717, 1.165) is 12.2 Å². The molecular weight excluding hydrogens is 276 g/mol. The predicted molar refractivity (Wildman–Crippen MR) is 91.2 cm³/mol. The Hall–Kier alpha value is -1.71. The first kappa shape index (κ1) is 18.3. The molecule has 0 aromatic heterocycles. The maximum Gasteiger partial charge on any atom is 0.317 e. The van der Waals surface area contributed by atoms with Crippen molar-refractivity contribution in [2.75, 3.05) is 6.73 Å². The number of aryl methyl sites for hydroxylation is 2. The van der Waals surface area contributed by atoms with Crippen LogP contribution in [-0.2, 0) is 0 Å². The number of carbonyl (C=O) groups is 1. The zero-order valence-electron chi connectivity index (χ0n) is 15.0. The SMILES string of the molecule is Cc1ccc(OCNC(=O)NC(C)(C)CC(C)(C)C)cc1C. The molecule has 0 unspecified atom stereocenters. The average molecular weight is 306 g/mol. The number of hydrogen-bond donors (Lipinski definition) is 2. The van der Waals surface area contributed by atoms with Crippen molar-refractivity contribution in [1.29, 1.82) is 0 Å². The molecular formula is C18H30N2O2. The monoisotopic (exact) mass is 306 g/mol. The van der Waals surface area contributed by atoms with Gasteiger partial charge in [-0.3, -0.25) is 0 Å². The minimum Gasteiger partial charge on any atom is -0.473 e. The highest BCUT2D eigenvalue weighted by Gasteiger charge is 2.26. The van der Waals surface area contributed by atoms with E-state index in [0.29, 0.717) is 0 Å². The van der Waals surface area contributed by atoms with Crippen molar-refractivity contribution in [3.8, 4) is 5.75 Å². The second kappa shape index (κ2) is 7.03. The average Bonchev–Trinajstić information content (AvgIpc) is 2.29. The standard InChI is InChI=1S/C18H30N2O2/c1-13-8-9-15(10-14(13)2)22-12-19-16(21)20-18(6,7)11-17(3,4)5/h8-10H,11-12H2,1-7H3,(H2,19,20,21). The van der Waals surface area contributed by atoms with E-state index in [1.165, 1.54) is 11.1 Å². The molecule has 2 amide bonds. The molecule has 0 heterocycles. The first-order valence-corrected chi connectivity index (χ1v) is 7.75. The molecule has 4 heteroatoms. The summed E-state index contributed by atoms with van der Waals surface area (Å²) in [5.74, 6) is 0.761. The van der Waals surface area contributed by atoms with Crippen molar-refractivity contribution < 1.29 is 9.53 Å². The molecule has 2 N–H and O–H groups in total. The molecule has 1 aromatic carbocycles. The predicted octanol–water partition coefficient (Wildman–Crippen LogP) is 4.15. The highest BCUT2D eigenvalue weighted by molar-refractivity contribution is 5.74. The fraction of sp³-hybridized carbons (Fsp3) is 0.611. The molecule has 0 saturated heterocycles. The summed E-state index contributed by atoms with van der Waals surface area (Å²) in [7, 11) is 0. The lowest BCUT2D eigenvalue weighted by atomic mass is 9.82. The third-order valence-electron chi connectivity index (χ3n) is 3.37. The first-order valence-electron chi connectivity index (χ1n) is 7.75. The summed E-state index contributed by atoms with van der Waals surface area (Å²) in [6.45, 7) is 14.8. The van der Waals surface area contributed by atoms with Gasteiger partial charge in [-0.1, -0.05) is 26.8 Å². The fourth-order valence-corrected chi connectivity index (χ4v) is 2.71. The van der Waals surface area contributed by atoms with Gasteiger partial charge in [-0.2, -0.15) is 0 Å². The molecule has 0 saturated carbocycles. The molecule has 0 spiro atoms. The van der Waals surface area contributed by atoms with Crippen molar-refractivity contribution in [3.05, 3.63) is 29.3 Å². The second-order valence-electron chi connectivity index (χ2n) is 7.79. The van der Waals surface area contributed by atoms with Crippen LogP contribution in [0.5, 0.6) is 5.75 Å². The van der Waals surface area contributed by atoms with Crippen molar-refractivity contribution in [3.63, 3.8) is 0 Å². The van der Waals surface area contributed by atoms with Gasteiger partial charge in [0, 0.05) is 5.54 Å². The van der Waals surface area contributed by atoms with Crippen LogP contribution >= 0.6 is 0 Å². The number of rotatable bonds is 5. The van der Waals surface area contributed by atoms with E-state index in [9.17, 15) is 4.79 Å². The number of amides is 2.